The standard InChI is InChI=1S/C17H18N2O2/c1-19-11-10-16(17(19)20)18-13-6-5-9-15(12-13)21-14-7-3-2-4-8-14/h2-9,12,16,18H,10-11H2,1H3. The Kier molecular flexibility index (Phi) is 3.77. The summed E-state index contributed by atoms with van der Waals surface area (Å²) in [6.45, 7) is 0.802. The topological polar surface area (TPSA) is 41.6 Å². The third-order valence-corrected chi connectivity index (χ3v) is 3.58. The van der Waals surface area contributed by atoms with Gasteiger partial charge in [-0.05, 0) is 30.7 Å². The minimum absolute atomic E-state index is 0.137. The molecular weight excluding hydrogens is 264 g/mol. The number of hydrogen-bond donors (Lipinski definition) is 1. The Morgan fingerprint density at radius 3 is 2.57 bits per heavy atom. The lowest BCUT2D eigenvalue weighted by atomic mass is 10.2. The molecule has 21 heavy (non-hydrogen) atoms. The van der Waals surface area contributed by atoms with E-state index < -0.39 is 0 Å². The summed E-state index contributed by atoms with van der Waals surface area (Å²) in [5.41, 5.74) is 0.900. The maximum absolute atomic E-state index is 11.9. The van der Waals surface area contributed by atoms with E-state index >= 15 is 0 Å². The van der Waals surface area contributed by atoms with Gasteiger partial charge in [0.1, 0.15) is 17.5 Å². The van der Waals surface area contributed by atoms with Crippen molar-refractivity contribution in [3.8, 4) is 11.5 Å². The number of rotatable bonds is 4. The van der Waals surface area contributed by atoms with Crippen molar-refractivity contribution < 1.29 is 9.53 Å². The van der Waals surface area contributed by atoms with E-state index in [-0.39, 0.29) is 11.9 Å². The van der Waals surface area contributed by atoms with Gasteiger partial charge in [-0.2, -0.15) is 0 Å². The van der Waals surface area contributed by atoms with Crippen LogP contribution in [0.3, 0.4) is 0 Å². The normalized spacial score (nSPS) is 17.9. The number of nitrogens with one attached hydrogen (secondary N) is 1. The highest BCUT2D eigenvalue weighted by atomic mass is 16.5. The van der Waals surface area contributed by atoms with E-state index in [1.807, 2.05) is 61.6 Å². The number of hydrogen-bond acceptors (Lipinski definition) is 3. The Morgan fingerprint density at radius 1 is 1.10 bits per heavy atom. The van der Waals surface area contributed by atoms with Gasteiger partial charge in [-0.3, -0.25) is 4.79 Å². The summed E-state index contributed by atoms with van der Waals surface area (Å²) in [4.78, 5) is 13.7. The largest absolute Gasteiger partial charge is 0.457 e. The van der Waals surface area contributed by atoms with Crippen LogP contribution < -0.4 is 10.1 Å². The summed E-state index contributed by atoms with van der Waals surface area (Å²) >= 11 is 0. The fraction of sp³-hybridized carbons (Fsp3) is 0.235. The molecule has 0 bridgehead atoms. The van der Waals surface area contributed by atoms with Crippen molar-refractivity contribution in [2.24, 2.45) is 0 Å². The van der Waals surface area contributed by atoms with Gasteiger partial charge in [-0.1, -0.05) is 24.3 Å². The number of amides is 1. The molecule has 4 nitrogen and oxygen atoms in total. The molecule has 108 valence electrons. The van der Waals surface area contributed by atoms with Crippen molar-refractivity contribution in [2.75, 3.05) is 18.9 Å². The molecule has 0 aliphatic carbocycles. The second-order valence-corrected chi connectivity index (χ2v) is 5.19. The van der Waals surface area contributed by atoms with Gasteiger partial charge in [0.2, 0.25) is 5.91 Å². The molecular formula is C17H18N2O2. The van der Waals surface area contributed by atoms with Gasteiger partial charge >= 0.3 is 0 Å². The van der Waals surface area contributed by atoms with E-state index in [9.17, 15) is 4.79 Å². The Bertz CT molecular complexity index is 628. The molecule has 1 saturated heterocycles. The molecule has 0 spiro atoms. The highest BCUT2D eigenvalue weighted by Crippen LogP contribution is 2.25. The maximum Gasteiger partial charge on any atom is 0.244 e. The van der Waals surface area contributed by atoms with Crippen LogP contribution in [0.25, 0.3) is 0 Å². The summed E-state index contributed by atoms with van der Waals surface area (Å²) in [7, 11) is 1.83. The molecule has 1 atom stereocenters. The van der Waals surface area contributed by atoms with Crippen LogP contribution in [0.2, 0.25) is 0 Å². The quantitative estimate of drug-likeness (QED) is 0.936. The molecule has 3 rings (SSSR count). The van der Waals surface area contributed by atoms with Crippen molar-refractivity contribution in [2.45, 2.75) is 12.5 Å². The zero-order valence-corrected chi connectivity index (χ0v) is 12.0. The first-order valence-corrected chi connectivity index (χ1v) is 7.07. The number of ether oxygens (including phenoxy) is 1. The molecule has 1 unspecified atom stereocenters. The van der Waals surface area contributed by atoms with Gasteiger partial charge in [-0.15, -0.1) is 0 Å². The predicted molar refractivity (Wildman–Crippen MR) is 82.6 cm³/mol. The third kappa shape index (κ3) is 3.16. The van der Waals surface area contributed by atoms with E-state index in [1.165, 1.54) is 0 Å². The van der Waals surface area contributed by atoms with E-state index in [0.717, 1.165) is 30.2 Å². The van der Waals surface area contributed by atoms with Gasteiger partial charge in [0.25, 0.3) is 0 Å². The van der Waals surface area contributed by atoms with Gasteiger partial charge in [0.05, 0.1) is 0 Å². The number of benzene rings is 2. The lowest BCUT2D eigenvalue weighted by Crippen LogP contribution is -2.30. The van der Waals surface area contributed by atoms with Gasteiger partial charge in [-0.25, -0.2) is 0 Å². The van der Waals surface area contributed by atoms with Gasteiger partial charge in [0, 0.05) is 25.3 Å². The summed E-state index contributed by atoms with van der Waals surface area (Å²) in [6, 6.07) is 17.2. The van der Waals surface area contributed by atoms with Crippen molar-refractivity contribution >= 4 is 11.6 Å². The van der Waals surface area contributed by atoms with Crippen LogP contribution in [0.15, 0.2) is 54.6 Å². The number of likely N-dealkylation sites (tertiary alicyclic amines) is 1. The van der Waals surface area contributed by atoms with Crippen LogP contribution in [0.1, 0.15) is 6.42 Å². The number of anilines is 1. The zero-order chi connectivity index (χ0) is 14.7. The lowest BCUT2D eigenvalue weighted by molar-refractivity contribution is -0.127. The van der Waals surface area contributed by atoms with E-state index in [2.05, 4.69) is 5.32 Å². The minimum Gasteiger partial charge on any atom is -0.457 e. The monoisotopic (exact) mass is 282 g/mol. The Morgan fingerprint density at radius 2 is 1.86 bits per heavy atom. The Hall–Kier alpha value is -2.49. The molecule has 1 aliphatic rings. The number of carbonyl (C=O) groups excluding carboxylic acids is 1. The number of para-hydroxylation sites is 1. The second-order valence-electron chi connectivity index (χ2n) is 5.19. The highest BCUT2D eigenvalue weighted by molar-refractivity contribution is 5.86. The third-order valence-electron chi connectivity index (χ3n) is 3.58. The van der Waals surface area contributed by atoms with Crippen molar-refractivity contribution in [1.29, 1.82) is 0 Å². The first kappa shape index (κ1) is 13.5. The molecule has 1 N–H and O–H groups in total. The summed E-state index contributed by atoms with van der Waals surface area (Å²) in [5.74, 6) is 1.70. The van der Waals surface area contributed by atoms with Crippen molar-refractivity contribution in [1.82, 2.24) is 4.90 Å². The van der Waals surface area contributed by atoms with Crippen LogP contribution in [0.5, 0.6) is 11.5 Å². The SMILES string of the molecule is CN1CCC(Nc2cccc(Oc3ccccc3)c2)C1=O. The molecule has 0 aromatic heterocycles. The average Bonchev–Trinajstić information content (AvgIpc) is 2.81. The Labute approximate surface area is 124 Å². The average molecular weight is 282 g/mol. The molecule has 4 heteroatoms. The lowest BCUT2D eigenvalue weighted by Gasteiger charge is -2.14. The highest BCUT2D eigenvalue weighted by Gasteiger charge is 2.28. The van der Waals surface area contributed by atoms with Crippen molar-refractivity contribution in [3.05, 3.63) is 54.6 Å². The van der Waals surface area contributed by atoms with Crippen LogP contribution in [0, 0.1) is 0 Å². The van der Waals surface area contributed by atoms with Gasteiger partial charge < -0.3 is 15.0 Å². The molecule has 2 aromatic rings. The van der Waals surface area contributed by atoms with E-state index in [0.29, 0.717) is 0 Å². The van der Waals surface area contributed by atoms with Crippen LogP contribution in [0.4, 0.5) is 5.69 Å². The van der Waals surface area contributed by atoms with Crippen molar-refractivity contribution in [3.63, 3.8) is 0 Å². The molecule has 2 aromatic carbocycles. The first-order chi connectivity index (χ1) is 10.2. The molecule has 1 aliphatic heterocycles. The zero-order valence-electron chi connectivity index (χ0n) is 12.0. The summed E-state index contributed by atoms with van der Waals surface area (Å²) in [5, 5.41) is 3.28. The van der Waals surface area contributed by atoms with E-state index in [1.54, 1.807) is 4.90 Å². The maximum atomic E-state index is 11.9. The van der Waals surface area contributed by atoms with Crippen LogP contribution >= 0.6 is 0 Å². The Balaban J connectivity index is 1.70. The number of likely N-dealkylation sites (N-methyl/N-ethyl adjacent to an activating group) is 1. The first-order valence-electron chi connectivity index (χ1n) is 7.07. The smallest absolute Gasteiger partial charge is 0.244 e. The fourth-order valence-electron chi connectivity index (χ4n) is 2.43. The minimum atomic E-state index is -0.137. The summed E-state index contributed by atoms with van der Waals surface area (Å²) in [6.07, 6.45) is 0.832. The molecule has 1 amide bonds. The molecule has 1 fully saturated rings. The molecule has 0 saturated carbocycles. The second kappa shape index (κ2) is 5.87. The molecule has 1 heterocycles. The van der Waals surface area contributed by atoms with Crippen LogP contribution in [-0.4, -0.2) is 30.4 Å². The molecule has 0 radical (unpaired) electrons. The number of carbonyl (C=O) groups is 1. The van der Waals surface area contributed by atoms with Crippen LogP contribution in [-0.2, 0) is 4.79 Å². The van der Waals surface area contributed by atoms with Gasteiger partial charge in [0.15, 0.2) is 0 Å². The number of nitrogens with zero attached hydrogens (tertiary/aromatic N) is 1. The fourth-order valence-corrected chi connectivity index (χ4v) is 2.43. The summed E-state index contributed by atoms with van der Waals surface area (Å²) < 4.78 is 5.80. The predicted octanol–water partition coefficient (Wildman–Crippen LogP) is 3.12. The van der Waals surface area contributed by atoms with E-state index in [4.69, 9.17) is 4.74 Å².